The van der Waals surface area contributed by atoms with Gasteiger partial charge in [-0.05, 0) is 12.8 Å². The van der Waals surface area contributed by atoms with Crippen LogP contribution < -0.4 is 4.72 Å². The maximum atomic E-state index is 12.2. The molecular formula is C10H12Cl2N2O4S2. The second-order valence-corrected chi connectivity index (χ2v) is 8.67. The molecule has 0 bridgehead atoms. The van der Waals surface area contributed by atoms with Crippen molar-refractivity contribution in [2.24, 2.45) is 0 Å². The van der Waals surface area contributed by atoms with Crippen LogP contribution in [0.3, 0.4) is 0 Å². The number of nitrogens with one attached hydrogen (secondary N) is 1. The normalized spacial score (nSPS) is 23.7. The summed E-state index contributed by atoms with van der Waals surface area (Å²) in [5.74, 6) is 0. The van der Waals surface area contributed by atoms with Gasteiger partial charge < -0.3 is 0 Å². The van der Waals surface area contributed by atoms with Crippen LogP contribution >= 0.6 is 34.5 Å². The Hall–Kier alpha value is -0.410. The molecule has 10 heteroatoms. The van der Waals surface area contributed by atoms with E-state index in [0.717, 1.165) is 25.3 Å². The first-order chi connectivity index (χ1) is 9.31. The third-order valence-electron chi connectivity index (χ3n) is 3.10. The average molecular weight is 359 g/mol. The summed E-state index contributed by atoms with van der Waals surface area (Å²) in [6.45, 7) is 0. The maximum absolute atomic E-state index is 12.2. The van der Waals surface area contributed by atoms with E-state index in [2.05, 4.69) is 4.72 Å². The third-order valence-corrected chi connectivity index (χ3v) is 6.92. The van der Waals surface area contributed by atoms with Crippen LogP contribution in [0.25, 0.3) is 0 Å². The Morgan fingerprint density at radius 3 is 2.60 bits per heavy atom. The Labute approximate surface area is 130 Å². The molecule has 1 fully saturated rings. The Bertz CT molecular complexity index is 617. The summed E-state index contributed by atoms with van der Waals surface area (Å²) in [6, 6.07) is 0.622. The van der Waals surface area contributed by atoms with E-state index in [1.807, 2.05) is 0 Å². The van der Waals surface area contributed by atoms with Crippen molar-refractivity contribution < 1.29 is 13.3 Å². The Kier molecular flexibility index (Phi) is 4.91. The number of thiophene rings is 1. The summed E-state index contributed by atoms with van der Waals surface area (Å²) in [5, 5.41) is 10.4. The second kappa shape index (κ2) is 6.15. The number of rotatable bonds is 4. The molecule has 2 atom stereocenters. The molecule has 1 heterocycles. The molecule has 1 aliphatic rings. The topological polar surface area (TPSA) is 89.3 Å². The molecule has 1 saturated carbocycles. The number of hydrogen-bond donors (Lipinski definition) is 1. The van der Waals surface area contributed by atoms with E-state index in [1.54, 1.807) is 0 Å². The number of halogens is 2. The van der Waals surface area contributed by atoms with Gasteiger partial charge in [0.25, 0.3) is 15.7 Å². The van der Waals surface area contributed by atoms with Gasteiger partial charge in [-0.1, -0.05) is 24.4 Å². The lowest BCUT2D eigenvalue weighted by atomic mass is 9.96. The van der Waals surface area contributed by atoms with Crippen LogP contribution in [0.4, 0.5) is 5.69 Å². The standard InChI is InChI=1S/C10H12Cl2N2O4S2/c11-6-3-1-2-4-7(6)13-20(17,18)9-5-8(14(15)16)10(12)19-9/h5-7,13H,1-4H2. The molecule has 6 nitrogen and oxygen atoms in total. The molecule has 0 spiro atoms. The van der Waals surface area contributed by atoms with E-state index in [4.69, 9.17) is 23.2 Å². The van der Waals surface area contributed by atoms with Gasteiger partial charge in [0.05, 0.1) is 4.92 Å². The molecule has 2 unspecified atom stereocenters. The van der Waals surface area contributed by atoms with Crippen molar-refractivity contribution in [3.63, 3.8) is 0 Å². The van der Waals surface area contributed by atoms with Crippen LogP contribution in [0, 0.1) is 10.1 Å². The first-order valence-electron chi connectivity index (χ1n) is 5.91. The van der Waals surface area contributed by atoms with Gasteiger partial charge >= 0.3 is 0 Å². The van der Waals surface area contributed by atoms with Crippen molar-refractivity contribution in [1.82, 2.24) is 4.72 Å². The predicted octanol–water partition coefficient (Wildman–Crippen LogP) is 3.14. The summed E-state index contributed by atoms with van der Waals surface area (Å²) in [6.07, 6.45) is 3.29. The molecule has 0 aliphatic heterocycles. The Morgan fingerprint density at radius 1 is 1.40 bits per heavy atom. The molecule has 20 heavy (non-hydrogen) atoms. The van der Waals surface area contributed by atoms with Crippen molar-refractivity contribution in [3.8, 4) is 0 Å². The molecule has 0 saturated heterocycles. The Balaban J connectivity index is 2.22. The van der Waals surface area contributed by atoms with Crippen molar-refractivity contribution in [1.29, 1.82) is 0 Å². The second-order valence-electron chi connectivity index (χ2n) is 4.51. The first-order valence-corrected chi connectivity index (χ1v) is 9.03. The minimum atomic E-state index is -3.83. The van der Waals surface area contributed by atoms with Crippen LogP contribution in [-0.4, -0.2) is 24.8 Å². The molecule has 2 rings (SSSR count). The van der Waals surface area contributed by atoms with Gasteiger partial charge in [0.1, 0.15) is 4.21 Å². The van der Waals surface area contributed by atoms with E-state index in [1.165, 1.54) is 0 Å². The number of alkyl halides is 1. The van der Waals surface area contributed by atoms with E-state index in [-0.39, 0.29) is 20.0 Å². The highest BCUT2D eigenvalue weighted by Gasteiger charge is 2.31. The third kappa shape index (κ3) is 3.43. The van der Waals surface area contributed by atoms with Crippen molar-refractivity contribution in [2.45, 2.75) is 41.3 Å². The zero-order valence-electron chi connectivity index (χ0n) is 10.2. The molecule has 0 aromatic carbocycles. The quantitative estimate of drug-likeness (QED) is 0.508. The molecule has 0 radical (unpaired) electrons. The first kappa shape index (κ1) is 16.0. The molecule has 1 aromatic heterocycles. The van der Waals surface area contributed by atoms with Gasteiger partial charge in [-0.25, -0.2) is 13.1 Å². The largest absolute Gasteiger partial charge is 0.300 e. The SMILES string of the molecule is O=[N+]([O-])c1cc(S(=O)(=O)NC2CCCCC2Cl)sc1Cl. The predicted molar refractivity (Wildman–Crippen MR) is 78.2 cm³/mol. The fraction of sp³-hybridized carbons (Fsp3) is 0.600. The minimum absolute atomic E-state index is 0.151. The average Bonchev–Trinajstić information content (AvgIpc) is 2.75. The van der Waals surface area contributed by atoms with Crippen LogP contribution in [0.15, 0.2) is 10.3 Å². The molecule has 112 valence electrons. The fourth-order valence-corrected chi connectivity index (χ4v) is 5.48. The number of nitro groups is 1. The fourth-order valence-electron chi connectivity index (χ4n) is 2.07. The monoisotopic (exact) mass is 358 g/mol. The highest BCUT2D eigenvalue weighted by atomic mass is 35.5. The van der Waals surface area contributed by atoms with Gasteiger partial charge in [0.2, 0.25) is 0 Å². The molecular weight excluding hydrogens is 347 g/mol. The number of hydrogen-bond acceptors (Lipinski definition) is 5. The van der Waals surface area contributed by atoms with Crippen LogP contribution in [0.1, 0.15) is 25.7 Å². The summed E-state index contributed by atoms with van der Waals surface area (Å²) in [5.41, 5.74) is -0.400. The van der Waals surface area contributed by atoms with Gasteiger partial charge in [0, 0.05) is 17.5 Å². The highest BCUT2D eigenvalue weighted by Crippen LogP contribution is 2.36. The maximum Gasteiger partial charge on any atom is 0.300 e. The summed E-state index contributed by atoms with van der Waals surface area (Å²) >= 11 is 12.5. The smallest absolute Gasteiger partial charge is 0.258 e. The van der Waals surface area contributed by atoms with Gasteiger partial charge in [0.15, 0.2) is 4.34 Å². The number of nitrogens with zero attached hydrogens (tertiary/aromatic N) is 1. The highest BCUT2D eigenvalue weighted by molar-refractivity contribution is 7.91. The zero-order valence-corrected chi connectivity index (χ0v) is 13.4. The van der Waals surface area contributed by atoms with Crippen LogP contribution in [0.5, 0.6) is 0 Å². The lowest BCUT2D eigenvalue weighted by Gasteiger charge is -2.27. The Morgan fingerprint density at radius 2 is 2.05 bits per heavy atom. The van der Waals surface area contributed by atoms with Crippen LogP contribution in [0.2, 0.25) is 4.34 Å². The van der Waals surface area contributed by atoms with Crippen molar-refractivity contribution >= 4 is 50.2 Å². The molecule has 0 amide bonds. The minimum Gasteiger partial charge on any atom is -0.258 e. The lowest BCUT2D eigenvalue weighted by Crippen LogP contribution is -2.42. The van der Waals surface area contributed by atoms with Crippen molar-refractivity contribution in [3.05, 3.63) is 20.5 Å². The van der Waals surface area contributed by atoms with Crippen molar-refractivity contribution in [2.75, 3.05) is 0 Å². The van der Waals surface area contributed by atoms with Gasteiger partial charge in [-0.3, -0.25) is 10.1 Å². The van der Waals surface area contributed by atoms with Crippen LogP contribution in [-0.2, 0) is 10.0 Å². The van der Waals surface area contributed by atoms with Gasteiger partial charge in [-0.15, -0.1) is 22.9 Å². The molecule has 1 aliphatic carbocycles. The van der Waals surface area contributed by atoms with E-state index >= 15 is 0 Å². The van der Waals surface area contributed by atoms with Gasteiger partial charge in [-0.2, -0.15) is 0 Å². The van der Waals surface area contributed by atoms with E-state index in [9.17, 15) is 18.5 Å². The zero-order chi connectivity index (χ0) is 14.9. The lowest BCUT2D eigenvalue weighted by molar-refractivity contribution is -0.384. The number of sulfonamides is 1. The molecule has 1 aromatic rings. The van der Waals surface area contributed by atoms with E-state index in [0.29, 0.717) is 17.8 Å². The summed E-state index contributed by atoms with van der Waals surface area (Å²) < 4.78 is 26.6. The molecule has 1 N–H and O–H groups in total. The summed E-state index contributed by atoms with van der Waals surface area (Å²) in [7, 11) is -3.83. The van der Waals surface area contributed by atoms with E-state index < -0.39 is 20.6 Å². The summed E-state index contributed by atoms with van der Waals surface area (Å²) in [4.78, 5) is 9.99.